The summed E-state index contributed by atoms with van der Waals surface area (Å²) in [5, 5.41) is 1.87. The first kappa shape index (κ1) is 9.68. The second-order valence-corrected chi connectivity index (χ2v) is 4.54. The van der Waals surface area contributed by atoms with Gasteiger partial charge in [0.2, 0.25) is 5.78 Å². The minimum absolute atomic E-state index is 0.0613. The van der Waals surface area contributed by atoms with Crippen molar-refractivity contribution in [2.45, 2.75) is 6.92 Å². The Morgan fingerprint density at radius 3 is 2.86 bits per heavy atom. The third-order valence-electron chi connectivity index (χ3n) is 1.83. The molecule has 72 valence electrons. The van der Waals surface area contributed by atoms with Crippen molar-refractivity contribution in [1.29, 1.82) is 0 Å². The first-order valence-electron chi connectivity index (χ1n) is 4.02. The third-order valence-corrected chi connectivity index (χ3v) is 3.48. The van der Waals surface area contributed by atoms with E-state index in [-0.39, 0.29) is 5.78 Å². The van der Waals surface area contributed by atoms with Crippen molar-refractivity contribution in [3.63, 3.8) is 0 Å². The molecule has 0 N–H and O–H groups in total. The summed E-state index contributed by atoms with van der Waals surface area (Å²) in [6, 6.07) is 5.38. The fourth-order valence-corrected chi connectivity index (χ4v) is 2.06. The fraction of sp³-hybridized carbons (Fsp3) is 0.100. The lowest BCUT2D eigenvalue weighted by atomic mass is 10.2. The summed E-state index contributed by atoms with van der Waals surface area (Å²) in [5.41, 5.74) is 0.935. The van der Waals surface area contributed by atoms with Crippen LogP contribution in [-0.2, 0) is 0 Å². The molecule has 0 amide bonds. The van der Waals surface area contributed by atoms with Crippen molar-refractivity contribution in [3.8, 4) is 0 Å². The molecule has 0 saturated carbocycles. The van der Waals surface area contributed by atoms with E-state index >= 15 is 0 Å². The standard InChI is InChI=1S/C10H7BrO2S/c1-6-5-7(13-10(6)11)9(12)8-3-2-4-14-8/h2-5H,1H3. The lowest BCUT2D eigenvalue weighted by molar-refractivity contribution is 0.101. The van der Waals surface area contributed by atoms with Crippen LogP contribution < -0.4 is 0 Å². The van der Waals surface area contributed by atoms with E-state index in [4.69, 9.17) is 4.42 Å². The molecule has 2 rings (SSSR count). The van der Waals surface area contributed by atoms with E-state index in [0.29, 0.717) is 15.3 Å². The minimum Gasteiger partial charge on any atom is -0.446 e. The van der Waals surface area contributed by atoms with Gasteiger partial charge >= 0.3 is 0 Å². The SMILES string of the molecule is Cc1cc(C(=O)c2cccs2)oc1Br. The van der Waals surface area contributed by atoms with Gasteiger partial charge in [-0.25, -0.2) is 0 Å². The van der Waals surface area contributed by atoms with Gasteiger partial charge < -0.3 is 4.42 Å². The molecule has 0 atom stereocenters. The van der Waals surface area contributed by atoms with Crippen LogP contribution in [0, 0.1) is 6.92 Å². The minimum atomic E-state index is -0.0613. The first-order valence-corrected chi connectivity index (χ1v) is 5.70. The summed E-state index contributed by atoms with van der Waals surface area (Å²) in [4.78, 5) is 12.5. The van der Waals surface area contributed by atoms with E-state index < -0.39 is 0 Å². The highest BCUT2D eigenvalue weighted by Crippen LogP contribution is 2.23. The molecule has 2 aromatic rings. The van der Waals surface area contributed by atoms with Crippen LogP contribution in [0.5, 0.6) is 0 Å². The number of rotatable bonds is 2. The van der Waals surface area contributed by atoms with Crippen LogP contribution in [0.3, 0.4) is 0 Å². The molecule has 0 unspecified atom stereocenters. The van der Waals surface area contributed by atoms with Crippen molar-refractivity contribution in [2.24, 2.45) is 0 Å². The quantitative estimate of drug-likeness (QED) is 0.780. The van der Waals surface area contributed by atoms with Gasteiger partial charge in [-0.05, 0) is 40.4 Å². The molecule has 0 aliphatic rings. The molecule has 0 spiro atoms. The molecule has 0 aliphatic heterocycles. The van der Waals surface area contributed by atoms with Crippen LogP contribution in [0.2, 0.25) is 0 Å². The topological polar surface area (TPSA) is 30.2 Å². The number of ketones is 1. The van der Waals surface area contributed by atoms with Crippen molar-refractivity contribution in [2.75, 3.05) is 0 Å². The number of halogens is 1. The van der Waals surface area contributed by atoms with Gasteiger partial charge in [0.25, 0.3) is 0 Å². The number of carbonyl (C=O) groups excluding carboxylic acids is 1. The molecule has 4 heteroatoms. The summed E-state index contributed by atoms with van der Waals surface area (Å²) in [5.74, 6) is 0.325. The van der Waals surface area contributed by atoms with E-state index in [2.05, 4.69) is 15.9 Å². The van der Waals surface area contributed by atoms with Crippen molar-refractivity contribution in [1.82, 2.24) is 0 Å². The summed E-state index contributed by atoms with van der Waals surface area (Å²) in [7, 11) is 0. The molecule has 0 saturated heterocycles. The molecule has 14 heavy (non-hydrogen) atoms. The predicted octanol–water partition coefficient (Wildman–Crippen LogP) is 3.64. The molecule has 2 heterocycles. The zero-order valence-corrected chi connectivity index (χ0v) is 9.81. The number of thiophene rings is 1. The van der Waals surface area contributed by atoms with Crippen LogP contribution in [0.15, 0.2) is 32.7 Å². The van der Waals surface area contributed by atoms with Crippen molar-refractivity contribution >= 4 is 33.0 Å². The van der Waals surface area contributed by atoms with Crippen LogP contribution in [0.25, 0.3) is 0 Å². The Bertz CT molecular complexity index is 437. The van der Waals surface area contributed by atoms with Gasteiger partial charge in [-0.2, -0.15) is 0 Å². The number of aryl methyl sites for hydroxylation is 1. The maximum atomic E-state index is 11.8. The number of furan rings is 1. The monoisotopic (exact) mass is 270 g/mol. The zero-order chi connectivity index (χ0) is 10.1. The highest BCUT2D eigenvalue weighted by Gasteiger charge is 2.15. The van der Waals surface area contributed by atoms with E-state index in [0.717, 1.165) is 5.56 Å². The largest absolute Gasteiger partial charge is 0.446 e. The van der Waals surface area contributed by atoms with Crippen molar-refractivity contribution < 1.29 is 9.21 Å². The van der Waals surface area contributed by atoms with Gasteiger partial charge in [-0.1, -0.05) is 6.07 Å². The van der Waals surface area contributed by atoms with E-state index in [9.17, 15) is 4.79 Å². The Morgan fingerprint density at radius 2 is 2.36 bits per heavy atom. The predicted molar refractivity (Wildman–Crippen MR) is 58.9 cm³/mol. The third kappa shape index (κ3) is 1.67. The molecule has 0 aromatic carbocycles. The smallest absolute Gasteiger partial charge is 0.238 e. The average molecular weight is 271 g/mol. The second-order valence-electron chi connectivity index (χ2n) is 2.87. The van der Waals surface area contributed by atoms with Crippen molar-refractivity contribution in [3.05, 3.63) is 44.4 Å². The highest BCUT2D eigenvalue weighted by atomic mass is 79.9. The maximum Gasteiger partial charge on any atom is 0.238 e. The van der Waals surface area contributed by atoms with E-state index in [1.165, 1.54) is 11.3 Å². The van der Waals surface area contributed by atoms with Crippen LogP contribution >= 0.6 is 27.3 Å². The van der Waals surface area contributed by atoms with Gasteiger partial charge in [0.1, 0.15) is 0 Å². The van der Waals surface area contributed by atoms with E-state index in [1.807, 2.05) is 18.4 Å². The molecule has 0 aliphatic carbocycles. The van der Waals surface area contributed by atoms with Gasteiger partial charge in [0.05, 0.1) is 4.88 Å². The average Bonchev–Trinajstić information content (AvgIpc) is 2.76. The first-order chi connectivity index (χ1) is 6.68. The normalized spacial score (nSPS) is 10.4. The van der Waals surface area contributed by atoms with Crippen LogP contribution in [0.4, 0.5) is 0 Å². The van der Waals surface area contributed by atoms with Gasteiger partial charge in [-0.3, -0.25) is 4.79 Å². The summed E-state index contributed by atoms with van der Waals surface area (Å²) >= 11 is 4.65. The maximum absolute atomic E-state index is 11.8. The Hall–Kier alpha value is -0.870. The fourth-order valence-electron chi connectivity index (χ4n) is 1.10. The zero-order valence-electron chi connectivity index (χ0n) is 7.41. The Labute approximate surface area is 93.7 Å². The van der Waals surface area contributed by atoms with E-state index in [1.54, 1.807) is 12.1 Å². The van der Waals surface area contributed by atoms with Crippen LogP contribution in [0.1, 0.15) is 21.0 Å². The Balaban J connectivity index is 2.37. The number of hydrogen-bond acceptors (Lipinski definition) is 3. The molecule has 2 aromatic heterocycles. The number of carbonyl (C=O) groups is 1. The molecule has 0 fully saturated rings. The van der Waals surface area contributed by atoms with Gasteiger partial charge in [-0.15, -0.1) is 11.3 Å². The summed E-state index contributed by atoms with van der Waals surface area (Å²) in [6.07, 6.45) is 0. The van der Waals surface area contributed by atoms with Gasteiger partial charge in [0.15, 0.2) is 10.4 Å². The Morgan fingerprint density at radius 1 is 1.57 bits per heavy atom. The molecular weight excluding hydrogens is 264 g/mol. The lowest BCUT2D eigenvalue weighted by Gasteiger charge is -1.90. The van der Waals surface area contributed by atoms with Crippen LogP contribution in [-0.4, -0.2) is 5.78 Å². The number of hydrogen-bond donors (Lipinski definition) is 0. The summed E-state index contributed by atoms with van der Waals surface area (Å²) < 4.78 is 5.90. The van der Waals surface area contributed by atoms with Gasteiger partial charge in [0, 0.05) is 5.56 Å². The lowest BCUT2D eigenvalue weighted by Crippen LogP contribution is -1.95. The molecule has 0 bridgehead atoms. The second kappa shape index (κ2) is 3.71. The molecule has 0 radical (unpaired) electrons. The molecular formula is C10H7BrO2S. The molecule has 2 nitrogen and oxygen atoms in total. The summed E-state index contributed by atoms with van der Waals surface area (Å²) in [6.45, 7) is 1.89. The Kier molecular flexibility index (Phi) is 2.56. The highest BCUT2D eigenvalue weighted by molar-refractivity contribution is 9.10.